The van der Waals surface area contributed by atoms with E-state index in [0.717, 1.165) is 44.0 Å². The molecule has 10 nitrogen and oxygen atoms in total. The number of rotatable bonds is 6. The van der Waals surface area contributed by atoms with Crippen molar-refractivity contribution >= 4 is 23.2 Å². The second-order valence-electron chi connectivity index (χ2n) is 6.91. The Bertz CT molecular complexity index is 789. The molecule has 28 heavy (non-hydrogen) atoms. The summed E-state index contributed by atoms with van der Waals surface area (Å²) in [7, 11) is 1.75. The molecule has 4 rings (SSSR count). The van der Waals surface area contributed by atoms with Crippen molar-refractivity contribution in [3.63, 3.8) is 0 Å². The van der Waals surface area contributed by atoms with Crippen LogP contribution < -0.4 is 15.1 Å². The van der Waals surface area contributed by atoms with Crippen molar-refractivity contribution in [2.75, 3.05) is 61.6 Å². The summed E-state index contributed by atoms with van der Waals surface area (Å²) in [4.78, 5) is 17.9. The van der Waals surface area contributed by atoms with E-state index in [4.69, 9.17) is 9.47 Å². The second-order valence-corrected chi connectivity index (χ2v) is 6.91. The first-order valence-electron chi connectivity index (χ1n) is 9.49. The number of carbonyl (C=O) groups excluding carboxylic acids is 1. The highest BCUT2D eigenvalue weighted by molar-refractivity contribution is 5.90. The van der Waals surface area contributed by atoms with Crippen LogP contribution in [-0.2, 0) is 20.8 Å². The predicted molar refractivity (Wildman–Crippen MR) is 104 cm³/mol. The Balaban J connectivity index is 1.29. The first kappa shape index (κ1) is 18.6. The Labute approximate surface area is 163 Å². The second kappa shape index (κ2) is 8.53. The van der Waals surface area contributed by atoms with Gasteiger partial charge in [0.1, 0.15) is 6.54 Å². The van der Waals surface area contributed by atoms with Gasteiger partial charge in [0.2, 0.25) is 5.91 Å². The smallest absolute Gasteiger partial charge is 0.266 e. The van der Waals surface area contributed by atoms with Gasteiger partial charge in [-0.2, -0.15) is 4.80 Å². The number of hydrogen-bond acceptors (Lipinski definition) is 8. The molecule has 1 amide bonds. The third kappa shape index (κ3) is 4.39. The van der Waals surface area contributed by atoms with E-state index in [-0.39, 0.29) is 18.6 Å². The zero-order chi connectivity index (χ0) is 19.3. The predicted octanol–water partition coefficient (Wildman–Crippen LogP) is 0.374. The summed E-state index contributed by atoms with van der Waals surface area (Å²) in [6, 6.07) is 7.83. The van der Waals surface area contributed by atoms with E-state index < -0.39 is 0 Å². The lowest BCUT2D eigenvalue weighted by atomic mass is 10.2. The van der Waals surface area contributed by atoms with E-state index in [1.807, 2.05) is 29.2 Å². The van der Waals surface area contributed by atoms with E-state index >= 15 is 0 Å². The highest BCUT2D eigenvalue weighted by Crippen LogP contribution is 2.23. The molecule has 0 spiro atoms. The molecule has 2 aliphatic rings. The summed E-state index contributed by atoms with van der Waals surface area (Å²) in [6.07, 6.45) is 1.32. The van der Waals surface area contributed by atoms with Crippen LogP contribution in [0.3, 0.4) is 0 Å². The van der Waals surface area contributed by atoms with Crippen LogP contribution in [0.1, 0.15) is 6.42 Å². The van der Waals surface area contributed by atoms with Gasteiger partial charge >= 0.3 is 0 Å². The van der Waals surface area contributed by atoms with Crippen LogP contribution in [0.5, 0.6) is 0 Å². The van der Waals surface area contributed by atoms with Crippen LogP contribution in [0.2, 0.25) is 0 Å². The molecule has 2 fully saturated rings. The summed E-state index contributed by atoms with van der Waals surface area (Å²) in [5.74, 6) is 0.333. The number of morpholine rings is 1. The standard InChI is InChI=1S/C18H25N7O3/c1-27-16-6-7-24(12-16)15-4-2-14(3-5-15)19-17(26)13-25-21-18(20-22-25)23-8-10-28-11-9-23/h2-5,16H,6-13H2,1H3,(H,19,26). The Kier molecular flexibility index (Phi) is 5.68. The molecule has 3 heterocycles. The Hall–Kier alpha value is -2.72. The third-order valence-electron chi connectivity index (χ3n) is 5.02. The minimum Gasteiger partial charge on any atom is -0.380 e. The molecule has 0 aliphatic carbocycles. The fourth-order valence-electron chi connectivity index (χ4n) is 3.43. The summed E-state index contributed by atoms with van der Waals surface area (Å²) in [5, 5.41) is 15.1. The molecule has 2 aliphatic heterocycles. The Morgan fingerprint density at radius 1 is 1.21 bits per heavy atom. The molecule has 1 aromatic carbocycles. The Morgan fingerprint density at radius 2 is 2.00 bits per heavy atom. The molecule has 10 heteroatoms. The number of tetrazole rings is 1. The molecule has 1 unspecified atom stereocenters. The molecular weight excluding hydrogens is 362 g/mol. The number of hydrogen-bond donors (Lipinski definition) is 1. The Morgan fingerprint density at radius 3 is 2.71 bits per heavy atom. The van der Waals surface area contributed by atoms with Crippen LogP contribution in [0.25, 0.3) is 0 Å². The number of amides is 1. The van der Waals surface area contributed by atoms with E-state index in [1.54, 1.807) is 7.11 Å². The van der Waals surface area contributed by atoms with E-state index in [1.165, 1.54) is 4.80 Å². The molecule has 0 saturated carbocycles. The maximum atomic E-state index is 12.3. The van der Waals surface area contributed by atoms with Crippen molar-refractivity contribution in [3.05, 3.63) is 24.3 Å². The van der Waals surface area contributed by atoms with Gasteiger partial charge in [0, 0.05) is 44.7 Å². The highest BCUT2D eigenvalue weighted by Gasteiger charge is 2.22. The third-order valence-corrected chi connectivity index (χ3v) is 5.02. The first-order chi connectivity index (χ1) is 13.7. The van der Waals surface area contributed by atoms with Crippen LogP contribution in [0.15, 0.2) is 24.3 Å². The highest BCUT2D eigenvalue weighted by atomic mass is 16.5. The van der Waals surface area contributed by atoms with Gasteiger partial charge in [-0.15, -0.1) is 5.10 Å². The number of anilines is 3. The van der Waals surface area contributed by atoms with Crippen LogP contribution in [0.4, 0.5) is 17.3 Å². The molecule has 0 radical (unpaired) electrons. The number of nitrogens with zero attached hydrogens (tertiary/aromatic N) is 6. The van der Waals surface area contributed by atoms with E-state index in [2.05, 4.69) is 25.6 Å². The molecule has 1 atom stereocenters. The number of benzene rings is 1. The number of methoxy groups -OCH3 is 1. The lowest BCUT2D eigenvalue weighted by Crippen LogP contribution is -2.37. The maximum absolute atomic E-state index is 12.3. The summed E-state index contributed by atoms with van der Waals surface area (Å²) < 4.78 is 10.7. The summed E-state index contributed by atoms with van der Waals surface area (Å²) in [6.45, 7) is 4.64. The van der Waals surface area contributed by atoms with Crippen molar-refractivity contribution in [2.24, 2.45) is 0 Å². The first-order valence-corrected chi connectivity index (χ1v) is 9.49. The van der Waals surface area contributed by atoms with E-state index in [9.17, 15) is 4.79 Å². The number of carbonyl (C=O) groups is 1. The summed E-state index contributed by atoms with van der Waals surface area (Å²) >= 11 is 0. The van der Waals surface area contributed by atoms with E-state index in [0.29, 0.717) is 19.2 Å². The topological polar surface area (TPSA) is 97.6 Å². The molecule has 0 bridgehead atoms. The minimum atomic E-state index is -0.195. The quantitative estimate of drug-likeness (QED) is 0.760. The van der Waals surface area contributed by atoms with Gasteiger partial charge < -0.3 is 24.6 Å². The molecular formula is C18H25N7O3. The minimum absolute atomic E-state index is 0.0146. The van der Waals surface area contributed by atoms with Gasteiger partial charge in [-0.25, -0.2) is 0 Å². The monoisotopic (exact) mass is 387 g/mol. The fraction of sp³-hybridized carbons (Fsp3) is 0.556. The van der Waals surface area contributed by atoms with Gasteiger partial charge in [0.25, 0.3) is 5.95 Å². The zero-order valence-corrected chi connectivity index (χ0v) is 16.0. The van der Waals surface area contributed by atoms with Gasteiger partial charge in [-0.1, -0.05) is 5.10 Å². The molecule has 150 valence electrons. The van der Waals surface area contributed by atoms with Gasteiger partial charge in [-0.3, -0.25) is 4.79 Å². The number of ether oxygens (including phenoxy) is 2. The van der Waals surface area contributed by atoms with Gasteiger partial charge in [0.05, 0.1) is 19.3 Å². The van der Waals surface area contributed by atoms with Gasteiger partial charge in [-0.05, 0) is 35.9 Å². The van der Waals surface area contributed by atoms with Crippen molar-refractivity contribution in [1.82, 2.24) is 20.2 Å². The van der Waals surface area contributed by atoms with Crippen molar-refractivity contribution < 1.29 is 14.3 Å². The van der Waals surface area contributed by atoms with Crippen LogP contribution in [0, 0.1) is 0 Å². The van der Waals surface area contributed by atoms with Crippen molar-refractivity contribution in [1.29, 1.82) is 0 Å². The number of aromatic nitrogens is 4. The van der Waals surface area contributed by atoms with Crippen molar-refractivity contribution in [3.8, 4) is 0 Å². The zero-order valence-electron chi connectivity index (χ0n) is 16.0. The number of nitrogens with one attached hydrogen (secondary N) is 1. The van der Waals surface area contributed by atoms with Crippen LogP contribution >= 0.6 is 0 Å². The maximum Gasteiger partial charge on any atom is 0.266 e. The van der Waals surface area contributed by atoms with Gasteiger partial charge in [0.15, 0.2) is 0 Å². The largest absolute Gasteiger partial charge is 0.380 e. The fourth-order valence-corrected chi connectivity index (χ4v) is 3.43. The molecule has 2 saturated heterocycles. The molecule has 1 aromatic heterocycles. The SMILES string of the molecule is COC1CCN(c2ccc(NC(=O)Cn3nnc(N4CCOCC4)n3)cc2)C1. The average Bonchev–Trinajstić information content (AvgIpc) is 3.39. The van der Waals surface area contributed by atoms with Crippen molar-refractivity contribution in [2.45, 2.75) is 19.1 Å². The average molecular weight is 387 g/mol. The van der Waals surface area contributed by atoms with Crippen LogP contribution in [-0.4, -0.2) is 78.7 Å². The normalized spacial score (nSPS) is 19.8. The molecule has 1 N–H and O–H groups in total. The molecule has 2 aromatic rings. The lowest BCUT2D eigenvalue weighted by Gasteiger charge is -2.24. The lowest BCUT2D eigenvalue weighted by molar-refractivity contribution is -0.117. The summed E-state index contributed by atoms with van der Waals surface area (Å²) in [5.41, 5.74) is 1.87.